The topological polar surface area (TPSA) is 241 Å². The molecular formula is C12H17N3O12. The van der Waals surface area contributed by atoms with Crippen LogP contribution in [0.3, 0.4) is 0 Å². The molecule has 0 rings (SSSR count). The second-order valence-electron chi connectivity index (χ2n) is 5.80. The lowest BCUT2D eigenvalue weighted by Gasteiger charge is -2.35. The van der Waals surface area contributed by atoms with E-state index in [9.17, 15) is 60.0 Å². The first kappa shape index (κ1) is 24.1. The molecule has 0 atom stereocenters. The van der Waals surface area contributed by atoms with E-state index in [-0.39, 0.29) is 0 Å². The molecule has 15 nitrogen and oxygen atoms in total. The van der Waals surface area contributed by atoms with Gasteiger partial charge in [0.1, 0.15) is 0 Å². The van der Waals surface area contributed by atoms with Crippen molar-refractivity contribution < 1.29 is 44.5 Å². The Morgan fingerprint density at radius 2 is 0.926 bits per heavy atom. The molecule has 0 spiro atoms. The second kappa shape index (κ2) is 9.70. The Morgan fingerprint density at radius 1 is 0.667 bits per heavy atom. The van der Waals surface area contributed by atoms with Crippen LogP contribution in [0, 0.1) is 41.2 Å². The molecule has 0 radical (unpaired) electrons. The van der Waals surface area contributed by atoms with E-state index in [2.05, 4.69) is 0 Å². The van der Waals surface area contributed by atoms with Crippen molar-refractivity contribution in [1.82, 2.24) is 0 Å². The van der Waals surface area contributed by atoms with Crippen molar-refractivity contribution in [3.63, 3.8) is 0 Å². The van der Waals surface area contributed by atoms with Gasteiger partial charge in [0, 0.05) is 20.2 Å². The van der Waals surface area contributed by atoms with E-state index in [4.69, 9.17) is 0 Å². The van der Waals surface area contributed by atoms with Crippen LogP contribution in [0.5, 0.6) is 0 Å². The maximum Gasteiger partial charge on any atom is 0.262 e. The summed E-state index contributed by atoms with van der Waals surface area (Å²) in [5.41, 5.74) is -5.41. The summed E-state index contributed by atoms with van der Waals surface area (Å²) in [6.07, 6.45) is -1.28. The highest BCUT2D eigenvalue weighted by molar-refractivity contribution is 6.25. The first-order valence-electron chi connectivity index (χ1n) is 7.18. The van der Waals surface area contributed by atoms with Crippen LogP contribution in [-0.4, -0.2) is 86.9 Å². The molecule has 0 fully saturated rings. The fraction of sp³-hybridized carbons (Fsp3) is 0.750. The molecule has 3 N–H and O–H groups in total. The van der Waals surface area contributed by atoms with E-state index in [1.807, 2.05) is 0 Å². The number of rotatable bonds is 14. The average molecular weight is 395 g/mol. The fourth-order valence-corrected chi connectivity index (χ4v) is 2.40. The first-order chi connectivity index (χ1) is 12.4. The summed E-state index contributed by atoms with van der Waals surface area (Å²) in [6, 6.07) is 0. The lowest BCUT2D eigenvalue weighted by molar-refractivity contribution is -0.473. The minimum atomic E-state index is -3.26. The summed E-state index contributed by atoms with van der Waals surface area (Å²) >= 11 is 0. The monoisotopic (exact) mass is 395 g/mol. The van der Waals surface area contributed by atoms with Crippen molar-refractivity contribution in [2.24, 2.45) is 10.8 Å². The number of nitrogens with zero attached hydrogens (tertiary/aromatic N) is 3. The van der Waals surface area contributed by atoms with Gasteiger partial charge in [-0.25, -0.2) is 0 Å². The van der Waals surface area contributed by atoms with Gasteiger partial charge in [0.15, 0.2) is 5.41 Å². The summed E-state index contributed by atoms with van der Waals surface area (Å²) < 4.78 is 0. The smallest absolute Gasteiger partial charge is 0.262 e. The van der Waals surface area contributed by atoms with Gasteiger partial charge in [-0.05, 0) is 6.42 Å². The number of ketones is 3. The van der Waals surface area contributed by atoms with Crippen LogP contribution in [0.25, 0.3) is 0 Å². The zero-order valence-electron chi connectivity index (χ0n) is 13.8. The van der Waals surface area contributed by atoms with Gasteiger partial charge < -0.3 is 15.3 Å². The Bertz CT molecular complexity index is 564. The zero-order chi connectivity index (χ0) is 21.4. The highest BCUT2D eigenvalue weighted by Crippen LogP contribution is 2.37. The van der Waals surface area contributed by atoms with Gasteiger partial charge in [0.05, 0.1) is 19.8 Å². The molecule has 15 heteroatoms. The zero-order valence-corrected chi connectivity index (χ0v) is 13.8. The molecule has 0 amide bonds. The van der Waals surface area contributed by atoms with Gasteiger partial charge in [-0.1, -0.05) is 0 Å². The number of aliphatic hydroxyl groups is 3. The van der Waals surface area contributed by atoms with Crippen molar-refractivity contribution in [2.45, 2.75) is 6.42 Å². The molecule has 0 aromatic rings. The highest BCUT2D eigenvalue weighted by Gasteiger charge is 2.59. The molecule has 0 aliphatic heterocycles. The number of carbonyl (C=O) groups is 3. The largest absolute Gasteiger partial charge is 0.396 e. The summed E-state index contributed by atoms with van der Waals surface area (Å²) in [7, 11) is 0. The lowest BCUT2D eigenvalue weighted by Crippen LogP contribution is -2.56. The number of aliphatic hydroxyl groups excluding tert-OH is 3. The van der Waals surface area contributed by atoms with Crippen LogP contribution in [-0.2, 0) is 14.4 Å². The summed E-state index contributed by atoms with van der Waals surface area (Å²) in [5.74, 6) is -5.36. The van der Waals surface area contributed by atoms with Crippen LogP contribution < -0.4 is 0 Å². The Balaban J connectivity index is 6.61. The minimum absolute atomic E-state index is 1.13. The Hall–Kier alpha value is -2.91. The minimum Gasteiger partial charge on any atom is -0.396 e. The van der Waals surface area contributed by atoms with Crippen molar-refractivity contribution in [1.29, 1.82) is 0 Å². The standard InChI is InChI=1S/C12H17N3O12/c16-5-11(6-17,7-18)4-12(8(19)1-13(22)23,9(20)2-14(24)25)10(21)3-15(26)27/h16-18H,1-7H2. The predicted octanol–water partition coefficient (Wildman–Crippen LogP) is -3.14. The lowest BCUT2D eigenvalue weighted by atomic mass is 9.64. The van der Waals surface area contributed by atoms with Gasteiger partial charge in [-0.15, -0.1) is 0 Å². The molecule has 0 aromatic heterocycles. The van der Waals surface area contributed by atoms with E-state index in [1.54, 1.807) is 0 Å². The van der Waals surface area contributed by atoms with Crippen LogP contribution in [0.15, 0.2) is 0 Å². The maximum absolute atomic E-state index is 12.4. The van der Waals surface area contributed by atoms with Crippen LogP contribution in [0.4, 0.5) is 0 Å². The van der Waals surface area contributed by atoms with Gasteiger partial charge in [0.2, 0.25) is 17.3 Å². The number of nitro groups is 3. The number of carbonyl (C=O) groups excluding carboxylic acids is 3. The SMILES string of the molecule is O=C(C[N+](=O)[O-])C(CC(CO)(CO)CO)(C(=O)C[N+](=O)[O-])C(=O)C[N+](=O)[O-]. The average Bonchev–Trinajstić information content (AvgIpc) is 2.54. The van der Waals surface area contributed by atoms with Gasteiger partial charge in [-0.3, -0.25) is 44.7 Å². The number of hydrogen-bond acceptors (Lipinski definition) is 12. The predicted molar refractivity (Wildman–Crippen MR) is 81.3 cm³/mol. The van der Waals surface area contributed by atoms with Gasteiger partial charge >= 0.3 is 0 Å². The van der Waals surface area contributed by atoms with Crippen molar-refractivity contribution in [2.75, 3.05) is 39.5 Å². The first-order valence-corrected chi connectivity index (χ1v) is 7.18. The third-order valence-corrected chi connectivity index (χ3v) is 3.89. The molecule has 27 heavy (non-hydrogen) atoms. The van der Waals surface area contributed by atoms with Gasteiger partial charge in [-0.2, -0.15) is 0 Å². The summed E-state index contributed by atoms with van der Waals surface area (Å²) in [4.78, 5) is 65.4. The summed E-state index contributed by atoms with van der Waals surface area (Å²) in [5, 5.41) is 60.1. The quantitative estimate of drug-likeness (QED) is 0.150. The molecule has 0 saturated carbocycles. The fourth-order valence-electron chi connectivity index (χ4n) is 2.40. The van der Waals surface area contributed by atoms with E-state index >= 15 is 0 Å². The van der Waals surface area contributed by atoms with E-state index in [0.29, 0.717) is 0 Å². The molecular weight excluding hydrogens is 378 g/mol. The Kier molecular flexibility index (Phi) is 8.65. The third kappa shape index (κ3) is 5.80. The highest BCUT2D eigenvalue weighted by atomic mass is 16.6. The molecule has 0 aliphatic carbocycles. The Morgan fingerprint density at radius 3 is 1.11 bits per heavy atom. The number of Topliss-reactive ketones (excluding diaryl/α,β-unsaturated/α-hetero) is 3. The van der Waals surface area contributed by atoms with Crippen LogP contribution in [0.2, 0.25) is 0 Å². The normalized spacial score (nSPS) is 11.7. The van der Waals surface area contributed by atoms with E-state index in [1.165, 1.54) is 0 Å². The molecule has 0 unspecified atom stereocenters. The molecule has 152 valence electrons. The molecule has 0 heterocycles. The van der Waals surface area contributed by atoms with Crippen LogP contribution >= 0.6 is 0 Å². The van der Waals surface area contributed by atoms with Crippen LogP contribution in [0.1, 0.15) is 6.42 Å². The molecule has 0 saturated heterocycles. The van der Waals surface area contributed by atoms with E-state index < -0.39 is 88.8 Å². The van der Waals surface area contributed by atoms with Crippen molar-refractivity contribution in [3.8, 4) is 0 Å². The molecule has 0 aliphatic rings. The molecule has 0 aromatic carbocycles. The molecule has 0 bridgehead atoms. The Labute approximate surface area is 150 Å². The third-order valence-electron chi connectivity index (χ3n) is 3.89. The van der Waals surface area contributed by atoms with Crippen molar-refractivity contribution in [3.05, 3.63) is 30.3 Å². The van der Waals surface area contributed by atoms with E-state index in [0.717, 1.165) is 0 Å². The maximum atomic E-state index is 12.4. The van der Waals surface area contributed by atoms with Gasteiger partial charge in [0.25, 0.3) is 19.6 Å². The summed E-state index contributed by atoms with van der Waals surface area (Å²) in [6.45, 7) is -8.43. The number of hydrogen-bond donors (Lipinski definition) is 3. The van der Waals surface area contributed by atoms with Crippen molar-refractivity contribution >= 4 is 17.3 Å². The second-order valence-corrected chi connectivity index (χ2v) is 5.80.